The summed E-state index contributed by atoms with van der Waals surface area (Å²) in [5, 5.41) is 21.7. The zero-order chi connectivity index (χ0) is 15.8. The molecule has 3 aliphatic heterocycles. The summed E-state index contributed by atoms with van der Waals surface area (Å²) in [6.45, 7) is 0.631. The van der Waals surface area contributed by atoms with Crippen LogP contribution in [-0.2, 0) is 10.2 Å². The average Bonchev–Trinajstić information content (AvgIpc) is 3.12. The third kappa shape index (κ3) is 1.57. The Kier molecular flexibility index (Phi) is 2.69. The Bertz CT molecular complexity index is 704. The molecule has 6 heteroatoms. The largest absolute Gasteiger partial charge is 0.454 e. The summed E-state index contributed by atoms with van der Waals surface area (Å²) in [7, 11) is 1.69. The van der Waals surface area contributed by atoms with Crippen molar-refractivity contribution in [2.75, 3.05) is 20.4 Å². The smallest absolute Gasteiger partial charge is 0.231 e. The van der Waals surface area contributed by atoms with Crippen molar-refractivity contribution in [3.05, 3.63) is 35.4 Å². The molecule has 1 saturated heterocycles. The second-order valence-corrected chi connectivity index (χ2v) is 6.70. The first-order valence-corrected chi connectivity index (χ1v) is 7.93. The summed E-state index contributed by atoms with van der Waals surface area (Å²) in [5.74, 6) is 1.33. The van der Waals surface area contributed by atoms with E-state index in [1.807, 2.05) is 23.1 Å². The molecule has 1 fully saturated rings. The first-order chi connectivity index (χ1) is 11.1. The van der Waals surface area contributed by atoms with Gasteiger partial charge in [0.25, 0.3) is 0 Å². The molecule has 6 nitrogen and oxygen atoms in total. The average molecular weight is 317 g/mol. The highest BCUT2D eigenvalue weighted by Gasteiger charge is 2.61. The third-order valence-corrected chi connectivity index (χ3v) is 5.84. The van der Waals surface area contributed by atoms with Crippen LogP contribution in [0.3, 0.4) is 0 Å². The highest BCUT2D eigenvalue weighted by atomic mass is 16.7. The summed E-state index contributed by atoms with van der Waals surface area (Å²) < 4.78 is 16.4. The van der Waals surface area contributed by atoms with Crippen molar-refractivity contribution in [2.24, 2.45) is 0 Å². The van der Waals surface area contributed by atoms with Gasteiger partial charge in [-0.05, 0) is 24.1 Å². The van der Waals surface area contributed by atoms with E-state index in [0.29, 0.717) is 18.0 Å². The van der Waals surface area contributed by atoms with Crippen molar-refractivity contribution in [2.45, 2.75) is 36.3 Å². The van der Waals surface area contributed by atoms with Crippen LogP contribution in [0.1, 0.15) is 23.8 Å². The van der Waals surface area contributed by atoms with E-state index < -0.39 is 17.7 Å². The molecule has 0 amide bonds. The highest BCUT2D eigenvalue weighted by molar-refractivity contribution is 5.57. The molecule has 1 aromatic rings. The van der Waals surface area contributed by atoms with Gasteiger partial charge in [0.1, 0.15) is 6.23 Å². The number of hydrogen-bond donors (Lipinski definition) is 2. The number of methoxy groups -OCH3 is 1. The Hall–Kier alpha value is -1.60. The van der Waals surface area contributed by atoms with Crippen molar-refractivity contribution in [3.8, 4) is 11.5 Å². The monoisotopic (exact) mass is 317 g/mol. The molecule has 0 radical (unpaired) electrons. The summed E-state index contributed by atoms with van der Waals surface area (Å²) >= 11 is 0. The van der Waals surface area contributed by atoms with Crippen LogP contribution in [0, 0.1) is 0 Å². The van der Waals surface area contributed by atoms with E-state index in [-0.39, 0.29) is 18.9 Å². The topological polar surface area (TPSA) is 71.4 Å². The number of ether oxygens (including phenoxy) is 3. The van der Waals surface area contributed by atoms with Gasteiger partial charge in [-0.1, -0.05) is 12.2 Å². The summed E-state index contributed by atoms with van der Waals surface area (Å²) in [6, 6.07) is 3.79. The van der Waals surface area contributed by atoms with E-state index in [0.717, 1.165) is 17.5 Å². The van der Waals surface area contributed by atoms with E-state index in [1.54, 1.807) is 7.11 Å². The summed E-state index contributed by atoms with van der Waals surface area (Å²) in [5.41, 5.74) is 1.21. The first kappa shape index (κ1) is 13.8. The van der Waals surface area contributed by atoms with Crippen molar-refractivity contribution < 1.29 is 24.4 Å². The van der Waals surface area contributed by atoms with Gasteiger partial charge >= 0.3 is 0 Å². The van der Waals surface area contributed by atoms with E-state index in [1.165, 1.54) is 0 Å². The van der Waals surface area contributed by atoms with Crippen LogP contribution >= 0.6 is 0 Å². The number of nitrogens with zero attached hydrogens (tertiary/aromatic N) is 1. The lowest BCUT2D eigenvalue weighted by Crippen LogP contribution is -2.53. The molecule has 0 spiro atoms. The van der Waals surface area contributed by atoms with Gasteiger partial charge in [0.05, 0.1) is 17.6 Å². The van der Waals surface area contributed by atoms with Crippen LogP contribution in [0.25, 0.3) is 0 Å². The Morgan fingerprint density at radius 3 is 2.83 bits per heavy atom. The molecule has 3 heterocycles. The Morgan fingerprint density at radius 1 is 1.26 bits per heavy atom. The number of hydrogen-bond acceptors (Lipinski definition) is 6. The van der Waals surface area contributed by atoms with E-state index in [9.17, 15) is 10.2 Å². The number of rotatable bonds is 1. The first-order valence-electron chi connectivity index (χ1n) is 7.93. The van der Waals surface area contributed by atoms with E-state index in [2.05, 4.69) is 6.08 Å². The minimum Gasteiger partial charge on any atom is -0.454 e. The lowest BCUT2D eigenvalue weighted by molar-refractivity contribution is -0.0399. The molecule has 122 valence electrons. The molecule has 1 aromatic carbocycles. The zero-order valence-corrected chi connectivity index (χ0v) is 12.8. The number of aliphatic hydroxyl groups excluding tert-OH is 2. The second kappa shape index (κ2) is 4.48. The van der Waals surface area contributed by atoms with Gasteiger partial charge in [0.15, 0.2) is 11.5 Å². The Balaban J connectivity index is 1.75. The van der Waals surface area contributed by atoms with Crippen LogP contribution < -0.4 is 9.47 Å². The van der Waals surface area contributed by atoms with Gasteiger partial charge in [0, 0.05) is 25.3 Å². The fourth-order valence-corrected chi connectivity index (χ4v) is 4.71. The van der Waals surface area contributed by atoms with Crippen LogP contribution in [0.2, 0.25) is 0 Å². The lowest BCUT2D eigenvalue weighted by Gasteiger charge is -2.48. The fraction of sp³-hybridized carbons (Fsp3) is 0.529. The van der Waals surface area contributed by atoms with Gasteiger partial charge in [-0.25, -0.2) is 0 Å². The fourth-order valence-electron chi connectivity index (χ4n) is 4.71. The minimum absolute atomic E-state index is 0.00341. The molecule has 2 N–H and O–H groups in total. The van der Waals surface area contributed by atoms with Crippen molar-refractivity contribution in [1.82, 2.24) is 4.90 Å². The molecule has 2 bridgehead atoms. The molecule has 6 atom stereocenters. The van der Waals surface area contributed by atoms with Crippen molar-refractivity contribution >= 4 is 0 Å². The highest BCUT2D eigenvalue weighted by Crippen LogP contribution is 2.56. The number of aliphatic hydroxyl groups is 2. The van der Waals surface area contributed by atoms with Crippen molar-refractivity contribution in [3.63, 3.8) is 0 Å². The molecule has 0 aromatic heterocycles. The maximum absolute atomic E-state index is 10.8. The van der Waals surface area contributed by atoms with Crippen molar-refractivity contribution in [1.29, 1.82) is 0 Å². The standard InChI is InChI=1S/C17H19NO5/c1-21-9-2-3-17-11-6-13-12(22-8-23-13)5-10(11)16(20)18(7-15(17)19)14(17)4-9/h2-3,5-6,9,14-16,19-20H,4,7-8H2,1H3/t9-,14+,15-,16-,17-/m1/s1. The van der Waals surface area contributed by atoms with Crippen LogP contribution in [-0.4, -0.2) is 53.8 Å². The lowest BCUT2D eigenvalue weighted by atomic mass is 9.65. The van der Waals surface area contributed by atoms with E-state index >= 15 is 0 Å². The molecule has 23 heavy (non-hydrogen) atoms. The van der Waals surface area contributed by atoms with Gasteiger partial charge in [-0.3, -0.25) is 4.90 Å². The quantitative estimate of drug-likeness (QED) is 0.742. The number of fused-ring (bicyclic) bond motifs is 2. The zero-order valence-electron chi connectivity index (χ0n) is 12.8. The van der Waals surface area contributed by atoms with Gasteiger partial charge in [0.2, 0.25) is 6.79 Å². The molecule has 1 unspecified atom stereocenters. The molecule has 1 aliphatic carbocycles. The van der Waals surface area contributed by atoms with Crippen LogP contribution in [0.4, 0.5) is 0 Å². The maximum Gasteiger partial charge on any atom is 0.231 e. The molecular formula is C17H19NO5. The van der Waals surface area contributed by atoms with Gasteiger partial charge < -0.3 is 24.4 Å². The minimum atomic E-state index is -0.751. The maximum atomic E-state index is 10.8. The normalized spacial score (nSPS) is 42.5. The summed E-state index contributed by atoms with van der Waals surface area (Å²) in [4.78, 5) is 1.98. The Labute approximate surface area is 133 Å². The van der Waals surface area contributed by atoms with Gasteiger partial charge in [-0.2, -0.15) is 0 Å². The predicted molar refractivity (Wildman–Crippen MR) is 80.3 cm³/mol. The van der Waals surface area contributed by atoms with E-state index in [4.69, 9.17) is 14.2 Å². The second-order valence-electron chi connectivity index (χ2n) is 6.70. The molecule has 0 saturated carbocycles. The SMILES string of the molecule is CO[C@@H]1C=C[C@]23c4cc5c(cc4[C@@H](O)N(C[C@H]2O)[C@H]3C1)OCO5. The molecule has 5 rings (SSSR count). The predicted octanol–water partition coefficient (Wildman–Crippen LogP) is 0.678. The van der Waals surface area contributed by atoms with Gasteiger partial charge in [-0.15, -0.1) is 0 Å². The number of benzene rings is 1. The molecule has 4 aliphatic rings. The van der Waals surface area contributed by atoms with Crippen LogP contribution in [0.15, 0.2) is 24.3 Å². The summed E-state index contributed by atoms with van der Waals surface area (Å²) in [6.07, 6.45) is 3.51. The molecular weight excluding hydrogens is 298 g/mol. The van der Waals surface area contributed by atoms with Crippen LogP contribution in [0.5, 0.6) is 11.5 Å². The third-order valence-electron chi connectivity index (χ3n) is 5.84. The Morgan fingerprint density at radius 2 is 2.04 bits per heavy atom.